The van der Waals surface area contributed by atoms with Crippen LogP contribution in [0.2, 0.25) is 0 Å². The minimum Gasteiger partial charge on any atom is -0.396 e. The molecule has 0 spiro atoms. The molecule has 0 heterocycles. The van der Waals surface area contributed by atoms with Gasteiger partial charge in [0.05, 0.1) is 18.6 Å². The molecule has 1 aliphatic rings. The van der Waals surface area contributed by atoms with Crippen molar-refractivity contribution in [2.45, 2.75) is 36.9 Å². The van der Waals surface area contributed by atoms with Crippen molar-refractivity contribution < 1.29 is 38.7 Å². The van der Waals surface area contributed by atoms with E-state index in [4.69, 9.17) is 56.0 Å². The lowest BCUT2D eigenvalue weighted by Crippen LogP contribution is -2.69. The number of nitrogens with zero attached hydrogens (tertiary/aromatic N) is 1. The summed E-state index contributed by atoms with van der Waals surface area (Å²) in [7, 11) is 0. The first-order valence-corrected chi connectivity index (χ1v) is 19.7. The van der Waals surface area contributed by atoms with Gasteiger partial charge in [0.25, 0.3) is 29.5 Å². The summed E-state index contributed by atoms with van der Waals surface area (Å²) in [4.78, 5) is 93.2. The number of amides is 7. The molecule has 8 atom stereocenters. The summed E-state index contributed by atoms with van der Waals surface area (Å²) in [6, 6.07) is 19.2. The molecule has 0 saturated carbocycles. The summed E-state index contributed by atoms with van der Waals surface area (Å²) in [5, 5.41) is 75.7. The van der Waals surface area contributed by atoms with Crippen molar-refractivity contribution in [2.24, 2.45) is 46.2 Å². The van der Waals surface area contributed by atoms with E-state index in [1.165, 1.54) is 24.3 Å². The smallest absolute Gasteiger partial charge is 0.265 e. The Morgan fingerprint density at radius 1 is 0.574 bits per heavy atom. The molecule has 3 aromatic carbocycles. The third-order valence-electron chi connectivity index (χ3n) is 9.67. The Hall–Kier alpha value is -9.56. The number of hydrogen-bond acceptors (Lipinski definition) is 14. The molecular formula is C39H49N21O8. The highest BCUT2D eigenvalue weighted by atomic mass is 16.3. The van der Waals surface area contributed by atoms with E-state index >= 15 is 0 Å². The number of carbonyl (C=O) groups excluding carboxylic acids is 7. The van der Waals surface area contributed by atoms with Crippen LogP contribution in [0.15, 0.2) is 66.7 Å². The summed E-state index contributed by atoms with van der Waals surface area (Å²) in [6.07, 6.45) is -8.36. The van der Waals surface area contributed by atoms with E-state index in [1.54, 1.807) is 18.2 Å². The Morgan fingerprint density at radius 2 is 0.985 bits per heavy atom. The van der Waals surface area contributed by atoms with Crippen molar-refractivity contribution in [3.05, 3.63) is 82.7 Å². The molecular weight excluding hydrogens is 891 g/mol. The molecule has 8 unspecified atom stereocenters. The monoisotopic (exact) mass is 939 g/mol. The second-order valence-electron chi connectivity index (χ2n) is 14.5. The van der Waals surface area contributed by atoms with Crippen LogP contribution in [-0.4, -0.2) is 108 Å². The van der Waals surface area contributed by atoms with Crippen molar-refractivity contribution in [1.82, 2.24) is 53.2 Å². The molecule has 7 amide bonds. The zero-order chi connectivity index (χ0) is 50.4. The molecule has 27 N–H and O–H groups in total. The number of primary amides is 1. The molecule has 0 fully saturated rings. The van der Waals surface area contributed by atoms with Gasteiger partial charge in [-0.3, -0.25) is 55.2 Å². The number of aliphatic hydroxyl groups excluding tert-OH is 1. The average Bonchev–Trinajstić information content (AvgIpc) is 3.62. The van der Waals surface area contributed by atoms with E-state index in [2.05, 4.69) is 38.0 Å². The van der Waals surface area contributed by atoms with Gasteiger partial charge in [-0.05, 0) is 38.9 Å². The van der Waals surface area contributed by atoms with E-state index < -0.39 is 121 Å². The number of benzene rings is 3. The number of aliphatic hydroxyl groups is 1. The van der Waals surface area contributed by atoms with Gasteiger partial charge in [-0.1, -0.05) is 60.7 Å². The Morgan fingerprint density at radius 3 is 1.40 bits per heavy atom. The van der Waals surface area contributed by atoms with Crippen LogP contribution in [0, 0.1) is 44.8 Å². The predicted molar refractivity (Wildman–Crippen MR) is 241 cm³/mol. The van der Waals surface area contributed by atoms with Crippen LogP contribution in [0.4, 0.5) is 0 Å². The number of guanidine groups is 4. The van der Waals surface area contributed by atoms with E-state index in [0.717, 1.165) is 10.8 Å². The Labute approximate surface area is 384 Å². The maximum Gasteiger partial charge on any atom is 0.265 e. The number of hydrogen-bond donors (Lipinski definition) is 21. The fourth-order valence-electron chi connectivity index (χ4n) is 6.59. The zero-order valence-electron chi connectivity index (χ0n) is 35.5. The molecule has 0 saturated heterocycles. The van der Waals surface area contributed by atoms with Crippen molar-refractivity contribution in [3.63, 3.8) is 0 Å². The fourth-order valence-corrected chi connectivity index (χ4v) is 6.59. The Balaban J connectivity index is 1.58. The van der Waals surface area contributed by atoms with Crippen LogP contribution in [0.25, 0.3) is 22.4 Å². The first-order valence-electron chi connectivity index (χ1n) is 19.7. The van der Waals surface area contributed by atoms with Gasteiger partial charge in [0, 0.05) is 11.5 Å². The molecule has 0 radical (unpaired) electrons. The molecule has 3 aromatic rings. The van der Waals surface area contributed by atoms with Crippen molar-refractivity contribution >= 4 is 87.6 Å². The molecule has 1 aliphatic carbocycles. The number of carbonyl (C=O) groups is 7. The third kappa shape index (κ3) is 13.5. The Bertz CT molecular complexity index is 2690. The number of nitrogens with one attached hydrogen (secondary N) is 14. The second-order valence-corrected chi connectivity index (χ2v) is 14.5. The SMILES string of the molecule is N#CC1=c2cc3ccccc3cc2=CC1C(CO)C(=O)NC(C(=O)NC(NC(=N)N)C(=O)NC(NC(=N)N)C(=O)NC(NC(=N)N)C(=O)NC(NC(=N)N)C(=O)NC(N)C(N)=O)c1ccccc1. The second kappa shape index (κ2) is 22.9. The first kappa shape index (κ1) is 51.1. The van der Waals surface area contributed by atoms with Gasteiger partial charge < -0.3 is 92.7 Å². The van der Waals surface area contributed by atoms with Gasteiger partial charge >= 0.3 is 0 Å². The van der Waals surface area contributed by atoms with E-state index in [0.29, 0.717) is 10.4 Å². The zero-order valence-corrected chi connectivity index (χ0v) is 35.5. The molecule has 29 nitrogen and oxygen atoms in total. The van der Waals surface area contributed by atoms with Crippen LogP contribution in [-0.2, 0) is 33.6 Å². The van der Waals surface area contributed by atoms with Crippen molar-refractivity contribution in [2.75, 3.05) is 6.61 Å². The molecule has 4 rings (SSSR count). The molecule has 0 bridgehead atoms. The van der Waals surface area contributed by atoms with Gasteiger partial charge in [0.2, 0.25) is 11.8 Å². The number of nitrogens with two attached hydrogens (primary N) is 6. The van der Waals surface area contributed by atoms with Gasteiger partial charge in [-0.25, -0.2) is 0 Å². The molecule has 358 valence electrons. The standard InChI is InChI=1S/C39H49N21O8/c40-13-21-19-11-17-9-5-4-8-16(17)10-18(19)12-20(21)22(14-61)30(63)51-23(15-6-2-1-3-7-15)31(64)53-27(58-37(45)46)33(66)55-29(60-39(49)50)35(68)56-28(59-38(47)48)34(67)54-26(57-36(43)44)32(65)52-24(41)25(42)62/h1-12,20,22-24,26-29,61H,14,41H2,(H2,42,62)(H,51,63)(H,52,65)(H,53,64)(H,54,67)(H,55,66)(H,56,68)(H4,43,44,57)(H4,45,46,58)(H4,47,48,59)(H4,49,50,60). The average molecular weight is 940 g/mol. The van der Waals surface area contributed by atoms with Crippen molar-refractivity contribution in [1.29, 1.82) is 26.9 Å². The predicted octanol–water partition coefficient (Wildman–Crippen LogP) is -9.02. The van der Waals surface area contributed by atoms with Gasteiger partial charge in [-0.2, -0.15) is 5.26 Å². The minimum atomic E-state index is -2.13. The highest BCUT2D eigenvalue weighted by Gasteiger charge is 2.37. The summed E-state index contributed by atoms with van der Waals surface area (Å²) in [5.74, 6) is -14.5. The third-order valence-corrected chi connectivity index (χ3v) is 9.67. The topological polar surface area (TPSA) is 535 Å². The maximum atomic E-state index is 14.2. The quantitative estimate of drug-likeness (QED) is 0.0284. The minimum absolute atomic E-state index is 0.165. The van der Waals surface area contributed by atoms with E-state index in [9.17, 15) is 43.9 Å². The number of rotatable bonds is 20. The summed E-state index contributed by atoms with van der Waals surface area (Å²) < 4.78 is 0. The normalized spacial score (nSPS) is 15.4. The molecule has 0 aromatic heterocycles. The van der Waals surface area contributed by atoms with Gasteiger partial charge in [0.15, 0.2) is 54.7 Å². The lowest BCUT2D eigenvalue weighted by atomic mass is 9.87. The van der Waals surface area contributed by atoms with Crippen molar-refractivity contribution in [3.8, 4) is 6.07 Å². The van der Waals surface area contributed by atoms with E-state index in [-0.39, 0.29) is 11.1 Å². The summed E-state index contributed by atoms with van der Waals surface area (Å²) in [6.45, 7) is -0.764. The summed E-state index contributed by atoms with van der Waals surface area (Å²) in [5.41, 5.74) is 32.5. The number of fused-ring (bicyclic) bond motifs is 2. The molecule has 68 heavy (non-hydrogen) atoms. The van der Waals surface area contributed by atoms with Crippen LogP contribution >= 0.6 is 0 Å². The van der Waals surface area contributed by atoms with Crippen LogP contribution in [0.5, 0.6) is 0 Å². The first-order chi connectivity index (χ1) is 32.1. The van der Waals surface area contributed by atoms with Gasteiger partial charge in [-0.15, -0.1) is 0 Å². The van der Waals surface area contributed by atoms with E-state index in [1.807, 2.05) is 51.6 Å². The Kier molecular flexibility index (Phi) is 17.2. The van der Waals surface area contributed by atoms with Crippen LogP contribution in [0.1, 0.15) is 11.6 Å². The highest BCUT2D eigenvalue weighted by molar-refractivity contribution is 6.00. The lowest BCUT2D eigenvalue weighted by Gasteiger charge is -2.29. The van der Waals surface area contributed by atoms with Crippen LogP contribution in [0.3, 0.4) is 0 Å². The largest absolute Gasteiger partial charge is 0.396 e. The highest BCUT2D eigenvalue weighted by Crippen LogP contribution is 2.27. The lowest BCUT2D eigenvalue weighted by molar-refractivity contribution is -0.136. The fraction of sp³-hybridized carbons (Fsp3) is 0.231. The molecule has 29 heteroatoms. The number of nitriles is 1. The maximum absolute atomic E-state index is 14.2. The van der Waals surface area contributed by atoms with Crippen LogP contribution < -0.4 is 98.0 Å². The van der Waals surface area contributed by atoms with Gasteiger partial charge in [0.1, 0.15) is 6.04 Å². The molecule has 0 aliphatic heterocycles. The summed E-state index contributed by atoms with van der Waals surface area (Å²) >= 11 is 0.